The van der Waals surface area contributed by atoms with Crippen LogP contribution in [0.3, 0.4) is 0 Å². The van der Waals surface area contributed by atoms with Gasteiger partial charge in [-0.15, -0.1) is 0 Å². The molecular formula is C21H33N. The molecular weight excluding hydrogens is 266 g/mol. The highest BCUT2D eigenvalue weighted by molar-refractivity contribution is 5.33. The first kappa shape index (κ1) is 16.0. The van der Waals surface area contributed by atoms with Gasteiger partial charge < -0.3 is 0 Å². The van der Waals surface area contributed by atoms with Gasteiger partial charge in [-0.2, -0.15) is 0 Å². The van der Waals surface area contributed by atoms with Gasteiger partial charge in [-0.1, -0.05) is 37.1 Å². The Kier molecular flexibility index (Phi) is 4.12. The van der Waals surface area contributed by atoms with Crippen molar-refractivity contribution in [1.29, 1.82) is 0 Å². The second-order valence-corrected chi connectivity index (χ2v) is 8.62. The standard InChI is InChI=1S/C21H33N/c1-13(2)11-17-12-15(4)18-8-7-16(5)21(22-6)10-9-14(3)19(17)20(18)21/h9,11,15-20H,6-8,10,12H2,1-5H3/t15-,16-,17+,18+,19-,20-,21-/m0/s1. The molecule has 0 heterocycles. The van der Waals surface area contributed by atoms with E-state index in [0.29, 0.717) is 23.7 Å². The van der Waals surface area contributed by atoms with Crippen LogP contribution in [0.15, 0.2) is 28.3 Å². The fourth-order valence-corrected chi connectivity index (χ4v) is 6.15. The predicted molar refractivity (Wildman–Crippen MR) is 96.2 cm³/mol. The minimum atomic E-state index is 0.107. The third kappa shape index (κ3) is 2.23. The average Bonchev–Trinajstić information content (AvgIpc) is 2.46. The van der Waals surface area contributed by atoms with E-state index < -0.39 is 0 Å². The first-order valence-electron chi connectivity index (χ1n) is 9.20. The minimum Gasteiger partial charge on any atom is -0.293 e. The van der Waals surface area contributed by atoms with E-state index in [4.69, 9.17) is 4.99 Å². The first-order valence-corrected chi connectivity index (χ1v) is 9.20. The van der Waals surface area contributed by atoms with E-state index >= 15 is 0 Å². The van der Waals surface area contributed by atoms with Gasteiger partial charge in [0.15, 0.2) is 0 Å². The molecule has 0 N–H and O–H groups in total. The summed E-state index contributed by atoms with van der Waals surface area (Å²) >= 11 is 0. The number of hydrogen-bond acceptors (Lipinski definition) is 1. The lowest BCUT2D eigenvalue weighted by Gasteiger charge is -2.60. The molecule has 1 nitrogen and oxygen atoms in total. The first-order chi connectivity index (χ1) is 10.4. The fourth-order valence-electron chi connectivity index (χ4n) is 6.15. The zero-order chi connectivity index (χ0) is 16.1. The van der Waals surface area contributed by atoms with Crippen LogP contribution in [0.2, 0.25) is 0 Å². The Balaban J connectivity index is 2.10. The molecule has 2 saturated carbocycles. The molecule has 0 unspecified atom stereocenters. The Hall–Kier alpha value is -0.850. The second kappa shape index (κ2) is 5.65. The minimum absolute atomic E-state index is 0.107. The number of allylic oxidation sites excluding steroid dienone is 3. The Morgan fingerprint density at radius 3 is 2.68 bits per heavy atom. The number of hydrogen-bond donors (Lipinski definition) is 0. The Bertz CT molecular complexity index is 510. The lowest BCUT2D eigenvalue weighted by Crippen LogP contribution is -2.58. The van der Waals surface area contributed by atoms with Gasteiger partial charge in [0, 0.05) is 0 Å². The molecule has 0 radical (unpaired) electrons. The molecule has 0 aliphatic heterocycles. The van der Waals surface area contributed by atoms with E-state index in [0.717, 1.165) is 18.3 Å². The topological polar surface area (TPSA) is 12.4 Å². The van der Waals surface area contributed by atoms with Crippen molar-refractivity contribution in [2.45, 2.75) is 65.8 Å². The van der Waals surface area contributed by atoms with Crippen molar-refractivity contribution in [2.75, 3.05) is 0 Å². The van der Waals surface area contributed by atoms with E-state index in [1.54, 1.807) is 5.57 Å². The van der Waals surface area contributed by atoms with Gasteiger partial charge in [-0.3, -0.25) is 4.99 Å². The summed E-state index contributed by atoms with van der Waals surface area (Å²) in [4.78, 5) is 4.83. The van der Waals surface area contributed by atoms with E-state index in [2.05, 4.69) is 53.5 Å². The molecule has 22 heavy (non-hydrogen) atoms. The van der Waals surface area contributed by atoms with Crippen LogP contribution in [-0.4, -0.2) is 12.3 Å². The number of rotatable bonds is 2. The van der Waals surface area contributed by atoms with Crippen LogP contribution >= 0.6 is 0 Å². The monoisotopic (exact) mass is 299 g/mol. The lowest BCUT2D eigenvalue weighted by atomic mass is 9.46. The van der Waals surface area contributed by atoms with Crippen LogP contribution < -0.4 is 0 Å². The normalized spacial score (nSPS) is 47.2. The van der Waals surface area contributed by atoms with Crippen molar-refractivity contribution in [3.63, 3.8) is 0 Å². The molecule has 0 amide bonds. The van der Waals surface area contributed by atoms with Crippen LogP contribution in [0.25, 0.3) is 0 Å². The Labute approximate surface area is 137 Å². The summed E-state index contributed by atoms with van der Waals surface area (Å²) in [6, 6.07) is 0. The highest BCUT2D eigenvalue weighted by Crippen LogP contribution is 2.61. The largest absolute Gasteiger partial charge is 0.293 e. The van der Waals surface area contributed by atoms with Crippen LogP contribution in [0.5, 0.6) is 0 Å². The summed E-state index contributed by atoms with van der Waals surface area (Å²) in [5, 5.41) is 0. The second-order valence-electron chi connectivity index (χ2n) is 8.62. The summed E-state index contributed by atoms with van der Waals surface area (Å²) in [6.45, 7) is 15.9. The molecule has 0 aromatic carbocycles. The molecule has 2 fully saturated rings. The molecule has 0 bridgehead atoms. The van der Waals surface area contributed by atoms with Crippen LogP contribution in [0, 0.1) is 35.5 Å². The van der Waals surface area contributed by atoms with Gasteiger partial charge in [-0.25, -0.2) is 0 Å². The summed E-state index contributed by atoms with van der Waals surface area (Å²) in [5.74, 6) is 4.44. The fraction of sp³-hybridized carbons (Fsp3) is 0.762. The number of aliphatic imine (C=N–C) groups is 1. The van der Waals surface area contributed by atoms with Crippen LogP contribution in [-0.2, 0) is 0 Å². The van der Waals surface area contributed by atoms with Crippen molar-refractivity contribution < 1.29 is 0 Å². The molecule has 3 aliphatic carbocycles. The molecule has 0 aromatic rings. The smallest absolute Gasteiger partial charge is 0.0697 e. The SMILES string of the molecule is C=N[C@]12CC=C(C)[C@@H]3[C@@H]1[C@H](CC[C@@H]2C)[C@@H](C)C[C@H]3C=C(C)C. The third-order valence-electron chi connectivity index (χ3n) is 7.17. The van der Waals surface area contributed by atoms with Crippen molar-refractivity contribution >= 4 is 6.72 Å². The zero-order valence-electron chi connectivity index (χ0n) is 15.1. The summed E-state index contributed by atoms with van der Waals surface area (Å²) < 4.78 is 0. The average molecular weight is 300 g/mol. The maximum atomic E-state index is 4.83. The van der Waals surface area contributed by atoms with E-state index in [1.807, 2.05) is 0 Å². The van der Waals surface area contributed by atoms with Crippen molar-refractivity contribution in [2.24, 2.45) is 40.5 Å². The summed E-state index contributed by atoms with van der Waals surface area (Å²) in [5.41, 5.74) is 3.20. The summed E-state index contributed by atoms with van der Waals surface area (Å²) in [7, 11) is 0. The number of nitrogens with zero attached hydrogens (tertiary/aromatic N) is 1. The molecule has 1 heteroatoms. The highest BCUT2D eigenvalue weighted by Gasteiger charge is 2.58. The molecule has 122 valence electrons. The van der Waals surface area contributed by atoms with E-state index in [9.17, 15) is 0 Å². The van der Waals surface area contributed by atoms with Gasteiger partial charge in [0.1, 0.15) is 0 Å². The van der Waals surface area contributed by atoms with Gasteiger partial charge in [0.05, 0.1) is 5.54 Å². The molecule has 7 atom stereocenters. The van der Waals surface area contributed by atoms with Crippen LogP contribution in [0.4, 0.5) is 0 Å². The van der Waals surface area contributed by atoms with Gasteiger partial charge in [0.25, 0.3) is 0 Å². The van der Waals surface area contributed by atoms with Crippen molar-refractivity contribution in [1.82, 2.24) is 0 Å². The van der Waals surface area contributed by atoms with Crippen LogP contribution in [0.1, 0.15) is 60.3 Å². The van der Waals surface area contributed by atoms with Crippen molar-refractivity contribution in [3.05, 3.63) is 23.3 Å². The lowest BCUT2D eigenvalue weighted by molar-refractivity contribution is -0.0425. The third-order valence-corrected chi connectivity index (χ3v) is 7.17. The Morgan fingerprint density at radius 1 is 1.32 bits per heavy atom. The summed E-state index contributed by atoms with van der Waals surface area (Å²) in [6.07, 6.45) is 10.2. The van der Waals surface area contributed by atoms with E-state index in [1.165, 1.54) is 24.8 Å². The highest BCUT2D eigenvalue weighted by atomic mass is 14.9. The van der Waals surface area contributed by atoms with Gasteiger partial charge in [0.2, 0.25) is 0 Å². The maximum Gasteiger partial charge on any atom is 0.0697 e. The van der Waals surface area contributed by atoms with Gasteiger partial charge in [-0.05, 0) is 88.7 Å². The maximum absolute atomic E-state index is 4.83. The predicted octanol–water partition coefficient (Wildman–Crippen LogP) is 5.68. The van der Waals surface area contributed by atoms with Gasteiger partial charge >= 0.3 is 0 Å². The Morgan fingerprint density at radius 2 is 2.05 bits per heavy atom. The molecule has 0 aromatic heterocycles. The van der Waals surface area contributed by atoms with Crippen molar-refractivity contribution in [3.8, 4) is 0 Å². The zero-order valence-corrected chi connectivity index (χ0v) is 15.1. The molecule has 0 spiro atoms. The molecule has 0 saturated heterocycles. The molecule has 3 aliphatic rings. The quantitative estimate of drug-likeness (QED) is 0.460. The molecule has 3 rings (SSSR count). The van der Waals surface area contributed by atoms with E-state index in [-0.39, 0.29) is 5.54 Å².